The number of carbonyl (C=O) groups is 1. The van der Waals surface area contributed by atoms with Gasteiger partial charge in [-0.25, -0.2) is 0 Å². The lowest BCUT2D eigenvalue weighted by Crippen LogP contribution is -2.39. The standard InChI is InChI=1S/C10H12ClNO3S/c11-9-2-1-8(16-9)10(13)12-5-7-6-14-3-4-15-7/h1-2,7H,3-6H2,(H,12,13)/t7-/m0/s1. The van der Waals surface area contributed by atoms with E-state index in [1.54, 1.807) is 12.1 Å². The van der Waals surface area contributed by atoms with E-state index in [2.05, 4.69) is 5.32 Å². The highest BCUT2D eigenvalue weighted by Gasteiger charge is 2.16. The predicted octanol–water partition coefficient (Wildman–Crippen LogP) is 1.55. The van der Waals surface area contributed by atoms with Crippen LogP contribution in [0.2, 0.25) is 4.34 Å². The Labute approximate surface area is 102 Å². The summed E-state index contributed by atoms with van der Waals surface area (Å²) in [6.07, 6.45) is -0.0480. The molecule has 1 aromatic rings. The summed E-state index contributed by atoms with van der Waals surface area (Å²) in [5, 5.41) is 2.79. The molecule has 0 spiro atoms. The van der Waals surface area contributed by atoms with Crippen LogP contribution >= 0.6 is 22.9 Å². The molecule has 1 fully saturated rings. The Balaban J connectivity index is 1.79. The van der Waals surface area contributed by atoms with Gasteiger partial charge in [-0.1, -0.05) is 11.6 Å². The average Bonchev–Trinajstić information content (AvgIpc) is 2.74. The first kappa shape index (κ1) is 11.9. The molecule has 1 N–H and O–H groups in total. The highest BCUT2D eigenvalue weighted by Crippen LogP contribution is 2.21. The second-order valence-electron chi connectivity index (χ2n) is 3.38. The van der Waals surface area contributed by atoms with Crippen molar-refractivity contribution in [3.63, 3.8) is 0 Å². The van der Waals surface area contributed by atoms with Gasteiger partial charge in [0.25, 0.3) is 5.91 Å². The van der Waals surface area contributed by atoms with E-state index in [9.17, 15) is 4.79 Å². The van der Waals surface area contributed by atoms with Gasteiger partial charge in [0.2, 0.25) is 0 Å². The summed E-state index contributed by atoms with van der Waals surface area (Å²) >= 11 is 7.01. The van der Waals surface area contributed by atoms with Gasteiger partial charge in [0.1, 0.15) is 0 Å². The molecule has 0 aliphatic carbocycles. The minimum atomic E-state index is -0.119. The molecule has 1 amide bonds. The molecule has 0 aromatic carbocycles. The Morgan fingerprint density at radius 1 is 1.56 bits per heavy atom. The molecule has 1 saturated heterocycles. The molecule has 2 heterocycles. The largest absolute Gasteiger partial charge is 0.376 e. The van der Waals surface area contributed by atoms with Crippen LogP contribution in [0.4, 0.5) is 0 Å². The number of halogens is 1. The molecule has 88 valence electrons. The van der Waals surface area contributed by atoms with E-state index < -0.39 is 0 Å². The topological polar surface area (TPSA) is 47.6 Å². The lowest BCUT2D eigenvalue weighted by Gasteiger charge is -2.22. The molecule has 6 heteroatoms. The van der Waals surface area contributed by atoms with Gasteiger partial charge < -0.3 is 14.8 Å². The molecule has 0 saturated carbocycles. The SMILES string of the molecule is O=C(NC[C@H]1COCCO1)c1ccc(Cl)s1. The highest BCUT2D eigenvalue weighted by molar-refractivity contribution is 7.17. The zero-order valence-corrected chi connectivity index (χ0v) is 10.1. The number of amides is 1. The minimum Gasteiger partial charge on any atom is -0.376 e. The van der Waals surface area contributed by atoms with Gasteiger partial charge in [0, 0.05) is 6.54 Å². The third-order valence-corrected chi connectivity index (χ3v) is 3.40. The molecule has 4 nitrogen and oxygen atoms in total. The number of nitrogens with one attached hydrogen (secondary N) is 1. The second-order valence-corrected chi connectivity index (χ2v) is 5.10. The van der Waals surface area contributed by atoms with Crippen molar-refractivity contribution in [1.29, 1.82) is 0 Å². The molecule has 1 atom stereocenters. The summed E-state index contributed by atoms with van der Waals surface area (Å²) in [7, 11) is 0. The van der Waals surface area contributed by atoms with Crippen molar-refractivity contribution >= 4 is 28.8 Å². The Bertz CT molecular complexity index is 363. The molecule has 0 bridgehead atoms. The highest BCUT2D eigenvalue weighted by atomic mass is 35.5. The molecule has 2 rings (SSSR count). The molecule has 1 aliphatic heterocycles. The van der Waals surface area contributed by atoms with Crippen molar-refractivity contribution in [2.45, 2.75) is 6.10 Å². The number of hydrogen-bond acceptors (Lipinski definition) is 4. The molecule has 1 aliphatic rings. The van der Waals surface area contributed by atoms with Crippen LogP contribution in [0.15, 0.2) is 12.1 Å². The summed E-state index contributed by atoms with van der Waals surface area (Å²) in [5.74, 6) is -0.119. The Morgan fingerprint density at radius 3 is 3.06 bits per heavy atom. The summed E-state index contributed by atoms with van der Waals surface area (Å²) in [6, 6.07) is 3.42. The van der Waals surface area contributed by atoms with E-state index in [1.165, 1.54) is 11.3 Å². The molecular formula is C10H12ClNO3S. The second kappa shape index (κ2) is 5.63. The van der Waals surface area contributed by atoms with Gasteiger partial charge in [-0.05, 0) is 12.1 Å². The first-order chi connectivity index (χ1) is 7.75. The third kappa shape index (κ3) is 3.18. The van der Waals surface area contributed by atoms with Crippen LogP contribution < -0.4 is 5.32 Å². The predicted molar refractivity (Wildman–Crippen MR) is 62.2 cm³/mol. The monoisotopic (exact) mass is 261 g/mol. The van der Waals surface area contributed by atoms with E-state index in [0.717, 1.165) is 0 Å². The van der Waals surface area contributed by atoms with Crippen molar-refractivity contribution in [1.82, 2.24) is 5.32 Å². The maximum absolute atomic E-state index is 11.6. The molecule has 16 heavy (non-hydrogen) atoms. The Kier molecular flexibility index (Phi) is 4.17. The van der Waals surface area contributed by atoms with E-state index in [4.69, 9.17) is 21.1 Å². The maximum atomic E-state index is 11.6. The van der Waals surface area contributed by atoms with Gasteiger partial charge in [0.15, 0.2) is 0 Å². The van der Waals surface area contributed by atoms with Gasteiger partial charge in [0.05, 0.1) is 35.1 Å². The van der Waals surface area contributed by atoms with Crippen LogP contribution in [0.1, 0.15) is 9.67 Å². The smallest absolute Gasteiger partial charge is 0.261 e. The summed E-state index contributed by atoms with van der Waals surface area (Å²) in [6.45, 7) is 2.22. The average molecular weight is 262 g/mol. The van der Waals surface area contributed by atoms with E-state index >= 15 is 0 Å². The fourth-order valence-corrected chi connectivity index (χ4v) is 2.34. The minimum absolute atomic E-state index is 0.0480. The molecular weight excluding hydrogens is 250 g/mol. The molecule has 0 radical (unpaired) electrons. The summed E-state index contributed by atoms with van der Waals surface area (Å²) in [4.78, 5) is 12.3. The summed E-state index contributed by atoms with van der Waals surface area (Å²) in [5.41, 5.74) is 0. The zero-order chi connectivity index (χ0) is 11.4. The molecule has 0 unspecified atom stereocenters. The number of thiophene rings is 1. The third-order valence-electron chi connectivity index (χ3n) is 2.17. The summed E-state index contributed by atoms with van der Waals surface area (Å²) < 4.78 is 11.2. The van der Waals surface area contributed by atoms with Crippen LogP contribution in [0.25, 0.3) is 0 Å². The van der Waals surface area contributed by atoms with Crippen molar-refractivity contribution < 1.29 is 14.3 Å². The fourth-order valence-electron chi connectivity index (χ4n) is 1.38. The Hall–Kier alpha value is -0.620. The van der Waals surface area contributed by atoms with Gasteiger partial charge in [-0.3, -0.25) is 4.79 Å². The van der Waals surface area contributed by atoms with Gasteiger partial charge >= 0.3 is 0 Å². The van der Waals surface area contributed by atoms with Crippen LogP contribution in [0.5, 0.6) is 0 Å². The van der Waals surface area contributed by atoms with Crippen molar-refractivity contribution in [2.24, 2.45) is 0 Å². The van der Waals surface area contributed by atoms with Crippen LogP contribution in [-0.4, -0.2) is 38.4 Å². The number of carbonyl (C=O) groups excluding carboxylic acids is 1. The number of hydrogen-bond donors (Lipinski definition) is 1. The number of rotatable bonds is 3. The fraction of sp³-hybridized carbons (Fsp3) is 0.500. The Morgan fingerprint density at radius 2 is 2.44 bits per heavy atom. The van der Waals surface area contributed by atoms with E-state index in [1.807, 2.05) is 0 Å². The van der Waals surface area contributed by atoms with Crippen LogP contribution in [0.3, 0.4) is 0 Å². The van der Waals surface area contributed by atoms with Crippen molar-refractivity contribution in [3.8, 4) is 0 Å². The van der Waals surface area contributed by atoms with E-state index in [0.29, 0.717) is 35.6 Å². The quantitative estimate of drug-likeness (QED) is 0.898. The zero-order valence-electron chi connectivity index (χ0n) is 8.57. The van der Waals surface area contributed by atoms with Gasteiger partial charge in [-0.2, -0.15) is 0 Å². The van der Waals surface area contributed by atoms with Crippen molar-refractivity contribution in [3.05, 3.63) is 21.3 Å². The molecule has 1 aromatic heterocycles. The number of ether oxygens (including phenoxy) is 2. The van der Waals surface area contributed by atoms with E-state index in [-0.39, 0.29) is 12.0 Å². The van der Waals surface area contributed by atoms with Crippen LogP contribution in [-0.2, 0) is 9.47 Å². The van der Waals surface area contributed by atoms with Crippen LogP contribution in [0, 0.1) is 0 Å². The first-order valence-electron chi connectivity index (χ1n) is 4.98. The lowest BCUT2D eigenvalue weighted by atomic mass is 10.3. The first-order valence-corrected chi connectivity index (χ1v) is 6.18. The maximum Gasteiger partial charge on any atom is 0.261 e. The normalized spacial score (nSPS) is 20.7. The van der Waals surface area contributed by atoms with Gasteiger partial charge in [-0.15, -0.1) is 11.3 Å². The lowest BCUT2D eigenvalue weighted by molar-refractivity contribution is -0.0855. The van der Waals surface area contributed by atoms with Crippen molar-refractivity contribution in [2.75, 3.05) is 26.4 Å².